The van der Waals surface area contributed by atoms with E-state index in [-0.39, 0.29) is 12.2 Å². The number of hydrogen-bond donors (Lipinski definition) is 2. The van der Waals surface area contributed by atoms with E-state index in [4.69, 9.17) is 14.9 Å². The van der Waals surface area contributed by atoms with Crippen molar-refractivity contribution in [3.05, 3.63) is 0 Å². The molecule has 0 heterocycles. The zero-order valence-corrected chi connectivity index (χ0v) is 7.29. The van der Waals surface area contributed by atoms with Gasteiger partial charge in [0, 0.05) is 0 Å². The van der Waals surface area contributed by atoms with E-state index in [9.17, 15) is 0 Å². The maximum Gasteiger partial charge on any atom is 0.0771 e. The first-order chi connectivity index (χ1) is 5.20. The SMILES string of the molecule is CCC(O)COCC(O)CC. The number of ether oxygens (including phenoxy) is 1. The van der Waals surface area contributed by atoms with Crippen LogP contribution in [0, 0.1) is 0 Å². The molecule has 3 heteroatoms. The van der Waals surface area contributed by atoms with Gasteiger partial charge in [-0.1, -0.05) is 13.8 Å². The monoisotopic (exact) mass is 162 g/mol. The van der Waals surface area contributed by atoms with Gasteiger partial charge in [0.15, 0.2) is 0 Å². The zero-order valence-electron chi connectivity index (χ0n) is 7.29. The standard InChI is InChI=1S/C8H18O3/c1-3-7(9)5-11-6-8(10)4-2/h7-10H,3-6H2,1-2H3. The molecule has 2 atom stereocenters. The van der Waals surface area contributed by atoms with Gasteiger partial charge < -0.3 is 14.9 Å². The maximum absolute atomic E-state index is 9.04. The van der Waals surface area contributed by atoms with Gasteiger partial charge in [-0.15, -0.1) is 0 Å². The Balaban J connectivity index is 3.13. The van der Waals surface area contributed by atoms with E-state index < -0.39 is 0 Å². The second kappa shape index (κ2) is 6.58. The highest BCUT2D eigenvalue weighted by Gasteiger charge is 2.03. The Bertz CT molecular complexity index is 75.4. The fourth-order valence-electron chi connectivity index (χ4n) is 0.576. The van der Waals surface area contributed by atoms with Crippen LogP contribution < -0.4 is 0 Å². The highest BCUT2D eigenvalue weighted by Crippen LogP contribution is 1.94. The van der Waals surface area contributed by atoms with Crippen molar-refractivity contribution in [1.82, 2.24) is 0 Å². The summed E-state index contributed by atoms with van der Waals surface area (Å²) in [5.41, 5.74) is 0. The molecule has 2 unspecified atom stereocenters. The third-order valence-corrected chi connectivity index (χ3v) is 1.56. The van der Waals surface area contributed by atoms with Gasteiger partial charge in [-0.2, -0.15) is 0 Å². The first kappa shape index (κ1) is 10.9. The first-order valence-corrected chi connectivity index (χ1v) is 4.14. The van der Waals surface area contributed by atoms with Gasteiger partial charge in [0.25, 0.3) is 0 Å². The molecule has 0 amide bonds. The third kappa shape index (κ3) is 6.28. The van der Waals surface area contributed by atoms with Crippen LogP contribution in [0.2, 0.25) is 0 Å². The quantitative estimate of drug-likeness (QED) is 0.599. The van der Waals surface area contributed by atoms with Gasteiger partial charge in [0.05, 0.1) is 25.4 Å². The molecule has 0 saturated carbocycles. The van der Waals surface area contributed by atoms with E-state index in [1.807, 2.05) is 13.8 Å². The minimum Gasteiger partial charge on any atom is -0.391 e. The molecule has 3 nitrogen and oxygen atoms in total. The van der Waals surface area contributed by atoms with Gasteiger partial charge >= 0.3 is 0 Å². The van der Waals surface area contributed by atoms with E-state index >= 15 is 0 Å². The average Bonchev–Trinajstić information content (AvgIpc) is 2.04. The van der Waals surface area contributed by atoms with Crippen LogP contribution in [0.4, 0.5) is 0 Å². The molecule has 0 saturated heterocycles. The summed E-state index contributed by atoms with van der Waals surface area (Å²) in [7, 11) is 0. The smallest absolute Gasteiger partial charge is 0.0771 e. The van der Waals surface area contributed by atoms with Crippen molar-refractivity contribution in [2.45, 2.75) is 38.9 Å². The summed E-state index contributed by atoms with van der Waals surface area (Å²) in [6, 6.07) is 0. The molecule has 0 aromatic heterocycles. The van der Waals surface area contributed by atoms with Crippen LogP contribution in [-0.4, -0.2) is 35.6 Å². The molecule has 2 N–H and O–H groups in total. The predicted octanol–water partition coefficient (Wildman–Crippen LogP) is 0.545. The molecule has 0 rings (SSSR count). The summed E-state index contributed by atoms with van der Waals surface area (Å²) in [6.45, 7) is 4.44. The van der Waals surface area contributed by atoms with Crippen LogP contribution in [-0.2, 0) is 4.74 Å². The second-order valence-corrected chi connectivity index (χ2v) is 2.66. The van der Waals surface area contributed by atoms with Crippen molar-refractivity contribution in [2.75, 3.05) is 13.2 Å². The van der Waals surface area contributed by atoms with E-state index in [0.29, 0.717) is 26.1 Å². The van der Waals surface area contributed by atoms with Gasteiger partial charge in [0.2, 0.25) is 0 Å². The summed E-state index contributed by atoms with van der Waals surface area (Å²) < 4.78 is 5.04. The Hall–Kier alpha value is -0.120. The third-order valence-electron chi connectivity index (χ3n) is 1.56. The number of aliphatic hydroxyl groups is 2. The fraction of sp³-hybridized carbons (Fsp3) is 1.00. The van der Waals surface area contributed by atoms with Crippen molar-refractivity contribution in [1.29, 1.82) is 0 Å². The summed E-state index contributed by atoms with van der Waals surface area (Å²) in [6.07, 6.45) is 0.614. The van der Waals surface area contributed by atoms with Crippen LogP contribution in [0.3, 0.4) is 0 Å². The molecular formula is C8H18O3. The maximum atomic E-state index is 9.04. The lowest BCUT2D eigenvalue weighted by atomic mass is 10.3. The average molecular weight is 162 g/mol. The van der Waals surface area contributed by atoms with Crippen LogP contribution in [0.25, 0.3) is 0 Å². The Morgan fingerprint density at radius 1 is 1.00 bits per heavy atom. The molecule has 0 aliphatic heterocycles. The minimum atomic E-state index is -0.390. The Morgan fingerprint density at radius 2 is 1.36 bits per heavy atom. The van der Waals surface area contributed by atoms with Crippen LogP contribution >= 0.6 is 0 Å². The largest absolute Gasteiger partial charge is 0.391 e. The molecule has 0 aliphatic carbocycles. The van der Waals surface area contributed by atoms with Gasteiger partial charge in [-0.25, -0.2) is 0 Å². The van der Waals surface area contributed by atoms with E-state index in [2.05, 4.69) is 0 Å². The molecule has 0 bridgehead atoms. The lowest BCUT2D eigenvalue weighted by Crippen LogP contribution is -2.20. The minimum absolute atomic E-state index is 0.327. The molecule has 0 aromatic carbocycles. The Kier molecular flexibility index (Phi) is 6.51. The van der Waals surface area contributed by atoms with Crippen LogP contribution in [0.15, 0.2) is 0 Å². The molecule has 0 radical (unpaired) electrons. The number of aliphatic hydroxyl groups excluding tert-OH is 2. The van der Waals surface area contributed by atoms with Gasteiger partial charge in [0.1, 0.15) is 0 Å². The number of hydrogen-bond acceptors (Lipinski definition) is 3. The van der Waals surface area contributed by atoms with Crippen LogP contribution in [0.5, 0.6) is 0 Å². The molecule has 0 spiro atoms. The lowest BCUT2D eigenvalue weighted by molar-refractivity contribution is -0.00898. The van der Waals surface area contributed by atoms with Gasteiger partial charge in [-0.3, -0.25) is 0 Å². The Labute approximate surface area is 68.0 Å². The van der Waals surface area contributed by atoms with E-state index in [1.165, 1.54) is 0 Å². The highest BCUT2D eigenvalue weighted by atomic mass is 16.5. The molecule has 11 heavy (non-hydrogen) atoms. The summed E-state index contributed by atoms with van der Waals surface area (Å²) in [5.74, 6) is 0. The van der Waals surface area contributed by atoms with Crippen molar-refractivity contribution in [3.63, 3.8) is 0 Å². The van der Waals surface area contributed by atoms with Crippen molar-refractivity contribution < 1.29 is 14.9 Å². The summed E-state index contributed by atoms with van der Waals surface area (Å²) >= 11 is 0. The van der Waals surface area contributed by atoms with Crippen molar-refractivity contribution in [3.8, 4) is 0 Å². The first-order valence-electron chi connectivity index (χ1n) is 4.14. The molecule has 0 aliphatic rings. The summed E-state index contributed by atoms with van der Waals surface area (Å²) in [4.78, 5) is 0. The van der Waals surface area contributed by atoms with Crippen molar-refractivity contribution in [2.24, 2.45) is 0 Å². The molecule has 68 valence electrons. The normalized spacial score (nSPS) is 16.4. The fourth-order valence-corrected chi connectivity index (χ4v) is 0.576. The van der Waals surface area contributed by atoms with E-state index in [1.54, 1.807) is 0 Å². The van der Waals surface area contributed by atoms with Crippen molar-refractivity contribution >= 4 is 0 Å². The topological polar surface area (TPSA) is 49.7 Å². The van der Waals surface area contributed by atoms with Gasteiger partial charge in [-0.05, 0) is 12.8 Å². The lowest BCUT2D eigenvalue weighted by Gasteiger charge is -2.11. The predicted molar refractivity (Wildman–Crippen MR) is 43.4 cm³/mol. The summed E-state index contributed by atoms with van der Waals surface area (Å²) in [5, 5.41) is 18.1. The van der Waals surface area contributed by atoms with E-state index in [0.717, 1.165) is 0 Å². The Morgan fingerprint density at radius 3 is 1.64 bits per heavy atom. The van der Waals surface area contributed by atoms with Crippen LogP contribution in [0.1, 0.15) is 26.7 Å². The second-order valence-electron chi connectivity index (χ2n) is 2.66. The zero-order chi connectivity index (χ0) is 8.69. The molecule has 0 aromatic rings. The highest BCUT2D eigenvalue weighted by molar-refractivity contribution is 4.52. The molecule has 0 fully saturated rings. The molecular weight excluding hydrogens is 144 g/mol. The number of rotatable bonds is 6.